The van der Waals surface area contributed by atoms with Crippen LogP contribution < -0.4 is 15.5 Å². The summed E-state index contributed by atoms with van der Waals surface area (Å²) in [5.41, 5.74) is 1.59. The van der Waals surface area contributed by atoms with E-state index in [9.17, 15) is 9.59 Å². The Morgan fingerprint density at radius 1 is 1.29 bits per heavy atom. The van der Waals surface area contributed by atoms with Gasteiger partial charge in [0, 0.05) is 13.6 Å². The maximum Gasteiger partial charge on any atom is 0.291 e. The van der Waals surface area contributed by atoms with Crippen LogP contribution in [0.15, 0.2) is 49.2 Å². The number of nitrogens with zero attached hydrogens (tertiary/aromatic N) is 6. The Bertz CT molecular complexity index is 1000. The van der Waals surface area contributed by atoms with E-state index in [-0.39, 0.29) is 18.3 Å². The number of hydrogen-bond donors (Lipinski definition) is 2. The molecule has 0 saturated carbocycles. The van der Waals surface area contributed by atoms with Crippen molar-refractivity contribution >= 4 is 23.3 Å². The molecule has 4 rings (SSSR count). The summed E-state index contributed by atoms with van der Waals surface area (Å²) < 4.78 is 1.58. The molecule has 0 unspecified atom stereocenters. The van der Waals surface area contributed by atoms with Crippen LogP contribution >= 0.6 is 0 Å². The average molecular weight is 378 g/mol. The van der Waals surface area contributed by atoms with Crippen molar-refractivity contribution in [3.8, 4) is 0 Å². The highest BCUT2D eigenvalue weighted by Gasteiger charge is 2.30. The number of amides is 2. The van der Waals surface area contributed by atoms with Gasteiger partial charge < -0.3 is 15.5 Å². The van der Waals surface area contributed by atoms with Gasteiger partial charge in [-0.1, -0.05) is 30.3 Å². The zero-order valence-electron chi connectivity index (χ0n) is 15.1. The highest BCUT2D eigenvalue weighted by molar-refractivity contribution is 6.03. The molecule has 0 bridgehead atoms. The molecular weight excluding hydrogens is 360 g/mol. The van der Waals surface area contributed by atoms with E-state index in [1.54, 1.807) is 17.9 Å². The van der Waals surface area contributed by atoms with Crippen molar-refractivity contribution in [2.24, 2.45) is 0 Å². The molecule has 0 radical (unpaired) electrons. The Kier molecular flexibility index (Phi) is 4.67. The van der Waals surface area contributed by atoms with Gasteiger partial charge in [0.25, 0.3) is 11.8 Å². The number of anilines is 2. The number of nitrogens with one attached hydrogen (secondary N) is 2. The first-order chi connectivity index (χ1) is 13.6. The minimum absolute atomic E-state index is 0.00735. The molecule has 2 N–H and O–H groups in total. The van der Waals surface area contributed by atoms with Gasteiger partial charge in [0.15, 0.2) is 5.82 Å². The highest BCUT2D eigenvalue weighted by atomic mass is 16.2. The predicted octanol–water partition coefficient (Wildman–Crippen LogP) is 0.303. The lowest BCUT2D eigenvalue weighted by molar-refractivity contribution is -0.119. The lowest BCUT2D eigenvalue weighted by atomic mass is 10.2. The number of carbonyl (C=O) groups is 2. The largest absolute Gasteiger partial charge is 0.366 e. The molecule has 1 aliphatic rings. The Balaban J connectivity index is 1.45. The van der Waals surface area contributed by atoms with Gasteiger partial charge in [0.05, 0.1) is 12.7 Å². The van der Waals surface area contributed by atoms with Crippen LogP contribution in [-0.2, 0) is 11.3 Å². The van der Waals surface area contributed by atoms with E-state index in [4.69, 9.17) is 0 Å². The first-order valence-electron chi connectivity index (χ1n) is 8.67. The normalized spacial score (nSPS) is 16.1. The summed E-state index contributed by atoms with van der Waals surface area (Å²) in [6, 6.07) is 8.95. The van der Waals surface area contributed by atoms with Gasteiger partial charge in [0.2, 0.25) is 5.82 Å². The van der Waals surface area contributed by atoms with Crippen molar-refractivity contribution in [3.05, 3.63) is 60.6 Å². The van der Waals surface area contributed by atoms with Crippen molar-refractivity contribution in [1.29, 1.82) is 0 Å². The van der Waals surface area contributed by atoms with Crippen molar-refractivity contribution in [2.45, 2.75) is 12.6 Å². The van der Waals surface area contributed by atoms with Crippen molar-refractivity contribution < 1.29 is 9.59 Å². The first-order valence-corrected chi connectivity index (χ1v) is 8.67. The molecular formula is C18H18N8O2. The van der Waals surface area contributed by atoms with Crippen LogP contribution in [-0.4, -0.2) is 56.2 Å². The number of rotatable bonds is 4. The van der Waals surface area contributed by atoms with Gasteiger partial charge in [0.1, 0.15) is 24.4 Å². The first kappa shape index (κ1) is 17.6. The summed E-state index contributed by atoms with van der Waals surface area (Å²) in [6.07, 6.45) is 4.43. The van der Waals surface area contributed by atoms with Crippen molar-refractivity contribution in [1.82, 2.24) is 30.0 Å². The molecule has 3 heterocycles. The lowest BCUT2D eigenvalue weighted by Gasteiger charge is -2.20. The molecule has 1 aromatic carbocycles. The van der Waals surface area contributed by atoms with Gasteiger partial charge in [-0.05, 0) is 5.56 Å². The summed E-state index contributed by atoms with van der Waals surface area (Å²) in [5.74, 6) is -0.253. The quantitative estimate of drug-likeness (QED) is 0.670. The smallest absolute Gasteiger partial charge is 0.291 e. The molecule has 2 amide bonds. The molecule has 1 aliphatic heterocycles. The second kappa shape index (κ2) is 7.43. The van der Waals surface area contributed by atoms with Crippen LogP contribution in [0, 0.1) is 0 Å². The molecule has 0 saturated heterocycles. The van der Waals surface area contributed by atoms with Gasteiger partial charge in [-0.15, -0.1) is 5.10 Å². The van der Waals surface area contributed by atoms with Gasteiger partial charge >= 0.3 is 0 Å². The summed E-state index contributed by atoms with van der Waals surface area (Å²) >= 11 is 0. The minimum atomic E-state index is -0.784. The molecule has 10 heteroatoms. The molecule has 142 valence electrons. The molecule has 2 aromatic heterocycles. The Labute approximate surface area is 160 Å². The standard InChI is InChI=1S/C18H18N8O2/c1-25-14-8-19-10-21-15(14)20-7-13(18(25)28)23-17(27)16-22-11-26(24-16)9-12-5-3-2-4-6-12/h2-6,8,10-11,13H,7,9H2,1H3,(H,23,27)(H,19,20,21)/t13-/m0/s1. The number of likely N-dealkylation sites (N-methyl/N-ethyl adjacent to an activating group) is 1. The zero-order chi connectivity index (χ0) is 19.5. The van der Waals surface area contributed by atoms with Crippen LogP contribution in [0.4, 0.5) is 11.5 Å². The van der Waals surface area contributed by atoms with Crippen LogP contribution in [0.2, 0.25) is 0 Å². The fourth-order valence-electron chi connectivity index (χ4n) is 2.92. The van der Waals surface area contributed by atoms with E-state index >= 15 is 0 Å². The van der Waals surface area contributed by atoms with Crippen molar-refractivity contribution in [3.63, 3.8) is 0 Å². The maximum atomic E-state index is 12.7. The minimum Gasteiger partial charge on any atom is -0.366 e. The molecule has 3 aromatic rings. The average Bonchev–Trinajstić information content (AvgIpc) is 3.15. The molecule has 1 atom stereocenters. The fraction of sp³-hybridized carbons (Fsp3) is 0.222. The summed E-state index contributed by atoms with van der Waals surface area (Å²) in [4.78, 5) is 38.8. The second-order valence-electron chi connectivity index (χ2n) is 6.31. The SMILES string of the molecule is CN1C(=O)[C@@H](NC(=O)c2ncn(Cc3ccccc3)n2)CNc2ncncc21. The lowest BCUT2D eigenvalue weighted by Crippen LogP contribution is -2.49. The summed E-state index contributed by atoms with van der Waals surface area (Å²) in [6.45, 7) is 0.700. The van der Waals surface area contributed by atoms with E-state index < -0.39 is 11.9 Å². The van der Waals surface area contributed by atoms with E-state index in [0.717, 1.165) is 5.56 Å². The number of aromatic nitrogens is 5. The van der Waals surface area contributed by atoms with Crippen LogP contribution in [0.25, 0.3) is 0 Å². The van der Waals surface area contributed by atoms with E-state index in [2.05, 4.69) is 30.7 Å². The number of fused-ring (bicyclic) bond motifs is 1. The third kappa shape index (κ3) is 3.52. The Hall–Kier alpha value is -3.82. The second-order valence-corrected chi connectivity index (χ2v) is 6.31. The van der Waals surface area contributed by atoms with Crippen LogP contribution in [0.1, 0.15) is 16.2 Å². The van der Waals surface area contributed by atoms with E-state index in [0.29, 0.717) is 18.1 Å². The molecule has 0 aliphatic carbocycles. The number of hydrogen-bond acceptors (Lipinski definition) is 7. The Morgan fingerprint density at radius 2 is 2.11 bits per heavy atom. The summed E-state index contributed by atoms with van der Waals surface area (Å²) in [7, 11) is 1.61. The number of carbonyl (C=O) groups excluding carboxylic acids is 2. The van der Waals surface area contributed by atoms with Crippen molar-refractivity contribution in [2.75, 3.05) is 23.8 Å². The summed E-state index contributed by atoms with van der Waals surface area (Å²) in [5, 5.41) is 9.95. The predicted molar refractivity (Wildman–Crippen MR) is 101 cm³/mol. The van der Waals surface area contributed by atoms with E-state index in [1.165, 1.54) is 17.6 Å². The van der Waals surface area contributed by atoms with Crippen LogP contribution in [0.5, 0.6) is 0 Å². The molecule has 0 fully saturated rings. The fourth-order valence-corrected chi connectivity index (χ4v) is 2.92. The third-order valence-corrected chi connectivity index (χ3v) is 4.39. The highest BCUT2D eigenvalue weighted by Crippen LogP contribution is 2.23. The third-order valence-electron chi connectivity index (χ3n) is 4.39. The van der Waals surface area contributed by atoms with Crippen LogP contribution in [0.3, 0.4) is 0 Å². The molecule has 28 heavy (non-hydrogen) atoms. The van der Waals surface area contributed by atoms with E-state index in [1.807, 2.05) is 30.3 Å². The number of benzene rings is 1. The van der Waals surface area contributed by atoms with Gasteiger partial charge in [-0.3, -0.25) is 9.59 Å². The maximum absolute atomic E-state index is 12.7. The molecule has 10 nitrogen and oxygen atoms in total. The topological polar surface area (TPSA) is 118 Å². The zero-order valence-corrected chi connectivity index (χ0v) is 15.1. The molecule has 0 spiro atoms. The van der Waals surface area contributed by atoms with Gasteiger partial charge in [-0.2, -0.15) is 0 Å². The van der Waals surface area contributed by atoms with Gasteiger partial charge in [-0.25, -0.2) is 19.6 Å². The monoisotopic (exact) mass is 378 g/mol. The Morgan fingerprint density at radius 3 is 2.93 bits per heavy atom.